The number of para-hydroxylation sites is 2. The van der Waals surface area contributed by atoms with Gasteiger partial charge in [0.05, 0.1) is 12.7 Å². The van der Waals surface area contributed by atoms with Gasteiger partial charge in [-0.05, 0) is 29.8 Å². The molecule has 0 unspecified atom stereocenters. The number of phenols is 1. The molecule has 0 atom stereocenters. The Morgan fingerprint density at radius 1 is 1.00 bits per heavy atom. The van der Waals surface area contributed by atoms with Gasteiger partial charge in [-0.15, -0.1) is 0 Å². The minimum absolute atomic E-state index is 0.109. The van der Waals surface area contributed by atoms with E-state index in [1.54, 1.807) is 30.5 Å². The van der Waals surface area contributed by atoms with Crippen LogP contribution in [0.1, 0.15) is 16.7 Å². The molecule has 1 aromatic heterocycles. The average Bonchev–Trinajstić information content (AvgIpc) is 3.21. The molecule has 0 radical (unpaired) electrons. The van der Waals surface area contributed by atoms with Crippen LogP contribution in [0.3, 0.4) is 0 Å². The lowest BCUT2D eigenvalue weighted by Gasteiger charge is -2.13. The molecule has 0 aliphatic carbocycles. The van der Waals surface area contributed by atoms with Crippen molar-refractivity contribution in [2.24, 2.45) is 5.73 Å². The van der Waals surface area contributed by atoms with Gasteiger partial charge in [0, 0.05) is 34.2 Å². The number of aromatic hydroxyl groups is 1. The first-order valence-electron chi connectivity index (χ1n) is 9.50. The van der Waals surface area contributed by atoms with Gasteiger partial charge in [0.1, 0.15) is 23.7 Å². The summed E-state index contributed by atoms with van der Waals surface area (Å²) in [5.41, 5.74) is 9.89. The van der Waals surface area contributed by atoms with Crippen molar-refractivity contribution in [2.75, 3.05) is 0 Å². The molecule has 1 heterocycles. The number of rotatable bonds is 7. The van der Waals surface area contributed by atoms with Gasteiger partial charge in [-0.25, -0.2) is 0 Å². The van der Waals surface area contributed by atoms with Crippen LogP contribution in [0, 0.1) is 0 Å². The number of carbonyl (C=O) groups is 1. The molecule has 0 aliphatic rings. The SMILES string of the molecule is NCc1cccc(-c2cc(COc3ccccc3CC(=O)O)cc3ccoc23)c1O. The normalized spacial score (nSPS) is 11.0. The van der Waals surface area contributed by atoms with Crippen molar-refractivity contribution in [1.29, 1.82) is 0 Å². The molecule has 4 aromatic rings. The number of benzene rings is 3. The molecular formula is C24H21NO5. The molecule has 0 bridgehead atoms. The number of hydrogen-bond donors (Lipinski definition) is 3. The van der Waals surface area contributed by atoms with Crippen molar-refractivity contribution >= 4 is 16.9 Å². The van der Waals surface area contributed by atoms with Crippen LogP contribution in [-0.4, -0.2) is 16.2 Å². The molecule has 6 heteroatoms. The molecule has 4 rings (SSSR count). The predicted octanol–water partition coefficient (Wildman–Crippen LogP) is 4.47. The molecule has 3 aromatic carbocycles. The molecule has 30 heavy (non-hydrogen) atoms. The summed E-state index contributed by atoms with van der Waals surface area (Å²) >= 11 is 0. The zero-order valence-corrected chi connectivity index (χ0v) is 16.2. The Balaban J connectivity index is 1.70. The number of fused-ring (bicyclic) bond motifs is 1. The molecule has 0 amide bonds. The molecule has 0 saturated heterocycles. The standard InChI is InChI=1S/C24H21NO5/c25-13-18-5-3-6-19(23(18)28)20-11-15(10-17-8-9-29-24(17)20)14-30-21-7-2-1-4-16(21)12-22(26)27/h1-11,28H,12-14,25H2,(H,26,27). The fraction of sp³-hybridized carbons (Fsp3) is 0.125. The Kier molecular flexibility index (Phi) is 5.41. The van der Waals surface area contributed by atoms with Crippen molar-refractivity contribution in [3.8, 4) is 22.6 Å². The minimum Gasteiger partial charge on any atom is -0.507 e. The van der Waals surface area contributed by atoms with Crippen molar-refractivity contribution in [2.45, 2.75) is 19.6 Å². The van der Waals surface area contributed by atoms with Crippen molar-refractivity contribution < 1.29 is 24.2 Å². The summed E-state index contributed by atoms with van der Waals surface area (Å²) in [5, 5.41) is 20.6. The first-order chi connectivity index (χ1) is 14.6. The topological polar surface area (TPSA) is 106 Å². The number of hydrogen-bond acceptors (Lipinski definition) is 5. The summed E-state index contributed by atoms with van der Waals surface area (Å²) in [5.74, 6) is -0.257. The van der Waals surface area contributed by atoms with E-state index in [-0.39, 0.29) is 25.3 Å². The second kappa shape index (κ2) is 8.31. The van der Waals surface area contributed by atoms with Crippen LogP contribution >= 0.6 is 0 Å². The summed E-state index contributed by atoms with van der Waals surface area (Å²) in [6, 6.07) is 18.2. The van der Waals surface area contributed by atoms with Crippen LogP contribution in [0.2, 0.25) is 0 Å². The van der Waals surface area contributed by atoms with Gasteiger partial charge in [0.2, 0.25) is 0 Å². The van der Waals surface area contributed by atoms with Crippen LogP contribution in [-0.2, 0) is 24.4 Å². The van der Waals surface area contributed by atoms with Gasteiger partial charge in [-0.2, -0.15) is 0 Å². The maximum atomic E-state index is 11.1. The Morgan fingerprint density at radius 3 is 2.60 bits per heavy atom. The number of carboxylic acids is 1. The lowest BCUT2D eigenvalue weighted by atomic mass is 9.97. The maximum absolute atomic E-state index is 11.1. The molecule has 4 N–H and O–H groups in total. The van der Waals surface area contributed by atoms with E-state index in [1.165, 1.54) is 0 Å². The van der Waals surface area contributed by atoms with Gasteiger partial charge < -0.3 is 25.1 Å². The zero-order chi connectivity index (χ0) is 21.1. The Labute approximate surface area is 173 Å². The Morgan fingerprint density at radius 2 is 1.80 bits per heavy atom. The fourth-order valence-electron chi connectivity index (χ4n) is 3.52. The highest BCUT2D eigenvalue weighted by Gasteiger charge is 2.15. The highest BCUT2D eigenvalue weighted by Crippen LogP contribution is 2.38. The molecule has 0 fully saturated rings. The van der Waals surface area contributed by atoms with Gasteiger partial charge >= 0.3 is 5.97 Å². The van der Waals surface area contributed by atoms with Crippen LogP contribution < -0.4 is 10.5 Å². The lowest BCUT2D eigenvalue weighted by Crippen LogP contribution is -2.04. The number of nitrogens with two attached hydrogens (primary N) is 1. The van der Waals surface area contributed by atoms with E-state index in [2.05, 4.69) is 0 Å². The highest BCUT2D eigenvalue weighted by atomic mass is 16.5. The van der Waals surface area contributed by atoms with E-state index in [9.17, 15) is 9.90 Å². The quantitative estimate of drug-likeness (QED) is 0.420. The fourth-order valence-corrected chi connectivity index (χ4v) is 3.52. The number of furan rings is 1. The number of carboxylic acid groups (broad SMARTS) is 1. The van der Waals surface area contributed by atoms with Gasteiger partial charge in [-0.1, -0.05) is 36.4 Å². The molecular weight excluding hydrogens is 382 g/mol. The van der Waals surface area contributed by atoms with Crippen LogP contribution in [0.25, 0.3) is 22.1 Å². The number of phenolic OH excluding ortho intramolecular Hbond substituents is 1. The third-order valence-corrected chi connectivity index (χ3v) is 4.95. The summed E-state index contributed by atoms with van der Waals surface area (Å²) < 4.78 is 11.6. The maximum Gasteiger partial charge on any atom is 0.307 e. The highest BCUT2D eigenvalue weighted by molar-refractivity contribution is 5.95. The van der Waals surface area contributed by atoms with Crippen LogP contribution in [0.5, 0.6) is 11.5 Å². The van der Waals surface area contributed by atoms with E-state index in [0.29, 0.717) is 28.0 Å². The predicted molar refractivity (Wildman–Crippen MR) is 113 cm³/mol. The molecule has 0 aliphatic heterocycles. The van der Waals surface area contributed by atoms with Crippen LogP contribution in [0.4, 0.5) is 0 Å². The summed E-state index contributed by atoms with van der Waals surface area (Å²) in [4.78, 5) is 11.1. The monoisotopic (exact) mass is 403 g/mol. The van der Waals surface area contributed by atoms with Crippen molar-refractivity contribution in [1.82, 2.24) is 0 Å². The second-order valence-corrected chi connectivity index (χ2v) is 6.97. The third kappa shape index (κ3) is 3.86. The minimum atomic E-state index is -0.914. The van der Waals surface area contributed by atoms with Crippen LogP contribution in [0.15, 0.2) is 71.3 Å². The number of ether oxygens (including phenoxy) is 1. The van der Waals surface area contributed by atoms with E-state index < -0.39 is 5.97 Å². The van der Waals surface area contributed by atoms with E-state index in [4.69, 9.17) is 20.0 Å². The summed E-state index contributed by atoms with van der Waals surface area (Å²) in [6.45, 7) is 0.465. The molecule has 0 spiro atoms. The first-order valence-corrected chi connectivity index (χ1v) is 9.50. The van der Waals surface area contributed by atoms with Gasteiger partial charge in [-0.3, -0.25) is 4.79 Å². The summed E-state index contributed by atoms with van der Waals surface area (Å²) in [6.07, 6.45) is 1.49. The molecule has 152 valence electrons. The molecule has 0 saturated carbocycles. The summed E-state index contributed by atoms with van der Waals surface area (Å²) in [7, 11) is 0. The Hall–Kier alpha value is -3.77. The average molecular weight is 403 g/mol. The van der Waals surface area contributed by atoms with Gasteiger partial charge in [0.15, 0.2) is 0 Å². The third-order valence-electron chi connectivity index (χ3n) is 4.95. The first kappa shape index (κ1) is 19.5. The largest absolute Gasteiger partial charge is 0.507 e. The van der Waals surface area contributed by atoms with E-state index >= 15 is 0 Å². The lowest BCUT2D eigenvalue weighted by molar-refractivity contribution is -0.136. The van der Waals surface area contributed by atoms with E-state index in [0.717, 1.165) is 16.5 Å². The van der Waals surface area contributed by atoms with Crippen molar-refractivity contribution in [3.63, 3.8) is 0 Å². The van der Waals surface area contributed by atoms with Gasteiger partial charge in [0.25, 0.3) is 0 Å². The zero-order valence-electron chi connectivity index (χ0n) is 16.2. The van der Waals surface area contributed by atoms with Crippen molar-refractivity contribution in [3.05, 3.63) is 83.6 Å². The number of aliphatic carboxylic acids is 1. The molecule has 6 nitrogen and oxygen atoms in total. The second-order valence-electron chi connectivity index (χ2n) is 6.97. The Bertz CT molecular complexity index is 1210. The van der Waals surface area contributed by atoms with E-state index in [1.807, 2.05) is 36.4 Å². The smallest absolute Gasteiger partial charge is 0.307 e.